The van der Waals surface area contributed by atoms with E-state index in [0.717, 1.165) is 42.0 Å². The van der Waals surface area contributed by atoms with E-state index >= 15 is 0 Å². The highest BCUT2D eigenvalue weighted by atomic mass is 35.5. The zero-order valence-electron chi connectivity index (χ0n) is 30.7. The van der Waals surface area contributed by atoms with Crippen LogP contribution in [0.5, 0.6) is 5.75 Å². The van der Waals surface area contributed by atoms with Crippen molar-refractivity contribution in [2.75, 3.05) is 55.0 Å². The van der Waals surface area contributed by atoms with E-state index in [4.69, 9.17) is 42.4 Å². The molecule has 4 N–H and O–H groups in total. The lowest BCUT2D eigenvalue weighted by molar-refractivity contribution is -0.135. The number of terminal acetylenes is 1. The average molecular weight is 811 g/mol. The van der Waals surface area contributed by atoms with Crippen LogP contribution in [0.15, 0.2) is 35.3 Å². The van der Waals surface area contributed by atoms with E-state index in [9.17, 15) is 23.3 Å². The molecule has 1 aromatic heterocycles. The van der Waals surface area contributed by atoms with Crippen LogP contribution in [0.25, 0.3) is 0 Å². The number of ether oxygens (including phenoxy) is 2. The summed E-state index contributed by atoms with van der Waals surface area (Å²) in [7, 11) is -4.10. The summed E-state index contributed by atoms with van der Waals surface area (Å²) in [5.74, 6) is 1.61. The van der Waals surface area contributed by atoms with Gasteiger partial charge in [-0.05, 0) is 42.9 Å². The monoisotopic (exact) mass is 810 g/mol. The van der Waals surface area contributed by atoms with Gasteiger partial charge in [-0.3, -0.25) is 34.1 Å². The van der Waals surface area contributed by atoms with Crippen molar-refractivity contribution >= 4 is 65.6 Å². The summed E-state index contributed by atoms with van der Waals surface area (Å²) >= 11 is 6.92. The number of carboxylic acid groups (broad SMARTS) is 1. The fourth-order valence-electron chi connectivity index (χ4n) is 5.46. The Morgan fingerprint density at radius 3 is 2.63 bits per heavy atom. The van der Waals surface area contributed by atoms with Gasteiger partial charge in [0.25, 0.3) is 5.91 Å². The number of para-hydroxylation sites is 1. The predicted molar refractivity (Wildman–Crippen MR) is 204 cm³/mol. The molecule has 0 bridgehead atoms. The number of nitrogens with one attached hydrogen (secondary N) is 1. The molecule has 54 heavy (non-hydrogen) atoms. The third-order valence-corrected chi connectivity index (χ3v) is 9.48. The SMILES string of the molecule is C#CCN1C(=O)COc2cc(F)c(N=c3snc4n3CC(C)(C)C4)cc21.CCOCN(C(=O)CCl)c1c(C)cccc1CC.O=C(O)CNCP(=O)(O)O. The van der Waals surface area contributed by atoms with Gasteiger partial charge in [0.15, 0.2) is 12.4 Å². The minimum absolute atomic E-state index is 0.0371. The van der Waals surface area contributed by atoms with Crippen molar-refractivity contribution in [1.29, 1.82) is 0 Å². The Bertz CT molecular complexity index is 1980. The molecule has 5 rings (SSSR count). The lowest BCUT2D eigenvalue weighted by atomic mass is 9.92. The molecule has 2 amide bonds. The summed E-state index contributed by atoms with van der Waals surface area (Å²) in [5.41, 5.74) is 3.80. The summed E-state index contributed by atoms with van der Waals surface area (Å²) in [4.78, 5) is 58.3. The molecule has 0 saturated heterocycles. The molecule has 0 atom stereocenters. The number of halogens is 2. The van der Waals surface area contributed by atoms with Crippen LogP contribution in [-0.2, 0) is 43.1 Å². The topological polar surface area (TPSA) is 196 Å². The van der Waals surface area contributed by atoms with Crippen LogP contribution in [0.3, 0.4) is 0 Å². The number of hydrogen-bond donors (Lipinski definition) is 4. The fraction of sp³-hybridized carbons (Fsp3) is 0.457. The average Bonchev–Trinajstić information content (AvgIpc) is 3.61. The molecular formula is C35H45ClFN6O9PS. The van der Waals surface area contributed by atoms with Gasteiger partial charge in [0, 0.05) is 37.2 Å². The number of rotatable bonds is 12. The molecule has 0 aliphatic carbocycles. The largest absolute Gasteiger partial charge is 0.481 e. The van der Waals surface area contributed by atoms with Gasteiger partial charge in [-0.1, -0.05) is 44.9 Å². The lowest BCUT2D eigenvalue weighted by Gasteiger charge is -2.28. The Morgan fingerprint density at radius 2 is 2.02 bits per heavy atom. The number of benzene rings is 2. The van der Waals surface area contributed by atoms with E-state index in [2.05, 4.69) is 41.4 Å². The minimum atomic E-state index is -4.10. The fourth-order valence-corrected chi connectivity index (χ4v) is 6.77. The van der Waals surface area contributed by atoms with Crippen LogP contribution >= 0.6 is 30.7 Å². The van der Waals surface area contributed by atoms with Crippen molar-refractivity contribution < 1.29 is 47.7 Å². The number of nitrogens with zero attached hydrogens (tertiary/aromatic N) is 5. The van der Waals surface area contributed by atoms with E-state index < -0.39 is 32.2 Å². The first kappa shape index (κ1) is 44.3. The highest BCUT2D eigenvalue weighted by Crippen LogP contribution is 2.38. The number of hydrogen-bond acceptors (Lipinski definition) is 10. The molecule has 2 aliphatic rings. The number of fused-ring (bicyclic) bond motifs is 2. The Morgan fingerprint density at radius 1 is 1.30 bits per heavy atom. The zero-order valence-corrected chi connectivity index (χ0v) is 33.1. The molecule has 15 nitrogen and oxygen atoms in total. The van der Waals surface area contributed by atoms with Crippen molar-refractivity contribution in [3.63, 3.8) is 0 Å². The van der Waals surface area contributed by atoms with Gasteiger partial charge >= 0.3 is 13.6 Å². The van der Waals surface area contributed by atoms with Crippen LogP contribution in [0.1, 0.15) is 44.6 Å². The molecule has 0 saturated carbocycles. The summed E-state index contributed by atoms with van der Waals surface area (Å²) in [5, 5.41) is 10.1. The highest BCUT2D eigenvalue weighted by molar-refractivity contribution is 7.51. The number of amides is 2. The van der Waals surface area contributed by atoms with Crippen molar-refractivity contribution in [3.8, 4) is 18.1 Å². The highest BCUT2D eigenvalue weighted by Gasteiger charge is 2.31. The van der Waals surface area contributed by atoms with Crippen molar-refractivity contribution in [3.05, 3.63) is 57.9 Å². The smallest absolute Gasteiger partial charge is 0.339 e. The molecule has 0 fully saturated rings. The molecule has 19 heteroatoms. The molecule has 0 radical (unpaired) electrons. The number of carbonyl (C=O) groups excluding carboxylic acids is 2. The maximum atomic E-state index is 14.5. The third kappa shape index (κ3) is 12.5. The van der Waals surface area contributed by atoms with Crippen molar-refractivity contribution in [2.45, 2.75) is 54.0 Å². The van der Waals surface area contributed by atoms with Gasteiger partial charge in [0.2, 0.25) is 10.7 Å². The maximum Gasteiger partial charge on any atom is 0.339 e. The first-order valence-corrected chi connectivity index (χ1v) is 19.9. The van der Waals surface area contributed by atoms with E-state index in [1.54, 1.807) is 4.90 Å². The van der Waals surface area contributed by atoms with Crippen LogP contribution in [0.4, 0.5) is 21.5 Å². The quantitative estimate of drug-likeness (QED) is 0.0887. The molecule has 2 aliphatic heterocycles. The maximum absolute atomic E-state index is 14.5. The van der Waals surface area contributed by atoms with Gasteiger partial charge in [0.1, 0.15) is 29.9 Å². The van der Waals surface area contributed by atoms with Gasteiger partial charge in [-0.25, -0.2) is 9.38 Å². The normalized spacial score (nSPS) is 14.4. The van der Waals surface area contributed by atoms with Gasteiger partial charge < -0.3 is 28.9 Å². The van der Waals surface area contributed by atoms with Crippen LogP contribution < -0.4 is 24.7 Å². The number of anilines is 2. The predicted octanol–water partition coefficient (Wildman–Crippen LogP) is 4.18. The first-order valence-electron chi connectivity index (χ1n) is 16.7. The number of aliphatic carboxylic acids is 1. The molecule has 2 aromatic carbocycles. The standard InChI is InChI=1S/C18H17FN4O2S.C14H20ClNO2.C3H8NO5P/c1-4-5-22-13-7-12(11(19)6-14(13)25-9-16(22)24)20-17-23-10-18(2,3)8-15(23)21-26-17;1-4-12-8-6-7-11(3)14(12)16(10-18-5-2)13(17)9-15;5-3(6)1-4-2-10(7,8)9/h1,6-7H,5,8-10H2,2-3H3;6-8H,4-5,9-10H2,1-3H3;4H,1-2H2,(H,5,6)(H2,7,8,9). The van der Waals surface area contributed by atoms with Crippen LogP contribution in [0, 0.1) is 30.5 Å². The number of aromatic nitrogens is 2. The number of carbonyl (C=O) groups is 3. The van der Waals surface area contributed by atoms with E-state index in [0.29, 0.717) is 22.8 Å². The molecule has 3 aromatic rings. The first-order chi connectivity index (χ1) is 25.4. The number of alkyl halides is 1. The summed E-state index contributed by atoms with van der Waals surface area (Å²) in [6.07, 6.45) is 6.49. The lowest BCUT2D eigenvalue weighted by Crippen LogP contribution is -2.39. The number of carboxylic acids is 1. The van der Waals surface area contributed by atoms with Crippen LogP contribution in [-0.4, -0.2) is 86.8 Å². The summed E-state index contributed by atoms with van der Waals surface area (Å²) < 4.78 is 41.7. The second-order valence-corrected chi connectivity index (χ2v) is 15.5. The second kappa shape index (κ2) is 20.0. The van der Waals surface area contributed by atoms with Gasteiger partial charge in [-0.2, -0.15) is 4.37 Å². The molecule has 294 valence electrons. The van der Waals surface area contributed by atoms with Gasteiger partial charge in [0.05, 0.1) is 30.8 Å². The number of aryl methyl sites for hydroxylation is 2. The molecule has 3 heterocycles. The van der Waals surface area contributed by atoms with E-state index in [1.807, 2.05) is 36.6 Å². The Hall–Kier alpha value is -4.14. The minimum Gasteiger partial charge on any atom is -0.481 e. The van der Waals surface area contributed by atoms with E-state index in [1.165, 1.54) is 28.6 Å². The molecule has 0 unspecified atom stereocenters. The summed E-state index contributed by atoms with van der Waals surface area (Å²) in [6, 6.07) is 8.78. The third-order valence-electron chi connectivity index (χ3n) is 7.84. The molecular weight excluding hydrogens is 766 g/mol. The molecule has 0 spiro atoms. The van der Waals surface area contributed by atoms with Crippen LogP contribution in [0.2, 0.25) is 0 Å². The Labute approximate surface area is 322 Å². The van der Waals surface area contributed by atoms with E-state index in [-0.39, 0.29) is 48.7 Å². The Balaban J connectivity index is 0.000000244. The second-order valence-electron chi connectivity index (χ2n) is 12.8. The van der Waals surface area contributed by atoms with Crippen molar-refractivity contribution in [2.24, 2.45) is 10.4 Å². The summed E-state index contributed by atoms with van der Waals surface area (Å²) in [6.45, 7) is 11.4. The Kier molecular flexibility index (Phi) is 16.4. The zero-order chi connectivity index (χ0) is 40.2. The van der Waals surface area contributed by atoms with Crippen molar-refractivity contribution in [1.82, 2.24) is 14.3 Å². The van der Waals surface area contributed by atoms with Gasteiger partial charge in [-0.15, -0.1) is 18.0 Å².